The van der Waals surface area contributed by atoms with Gasteiger partial charge in [0.15, 0.2) is 0 Å². The number of fused-ring (bicyclic) bond motifs is 5. The third-order valence-corrected chi connectivity index (χ3v) is 6.63. The summed E-state index contributed by atoms with van der Waals surface area (Å²) in [4.78, 5) is 0. The van der Waals surface area contributed by atoms with Gasteiger partial charge in [0.25, 0.3) is 0 Å². The van der Waals surface area contributed by atoms with Crippen molar-refractivity contribution < 1.29 is 0 Å². The molecule has 2 heteroatoms. The van der Waals surface area contributed by atoms with E-state index in [1.807, 2.05) is 0 Å². The van der Waals surface area contributed by atoms with Crippen molar-refractivity contribution in [3.05, 3.63) is 34.3 Å². The van der Waals surface area contributed by atoms with Gasteiger partial charge in [0.2, 0.25) is 0 Å². The maximum absolute atomic E-state index is 6.42. The average Bonchev–Trinajstić information content (AvgIpc) is 2.86. The lowest BCUT2D eigenvalue weighted by molar-refractivity contribution is 0.376. The summed E-state index contributed by atoms with van der Waals surface area (Å²) < 4.78 is 0. The molecule has 0 aromatic heterocycles. The smallest absolute Gasteiger partial charge is 0.0441 e. The van der Waals surface area contributed by atoms with Gasteiger partial charge < -0.3 is 5.32 Å². The van der Waals surface area contributed by atoms with Gasteiger partial charge in [-0.1, -0.05) is 23.7 Å². The largest absolute Gasteiger partial charge is 0.316 e. The molecular weight excluding hydrogens is 266 g/mol. The Hall–Kier alpha value is -0.530. The topological polar surface area (TPSA) is 12.0 Å². The van der Waals surface area contributed by atoms with E-state index in [4.69, 9.17) is 11.6 Å². The molecule has 4 rings (SSSR count). The quantitative estimate of drug-likeness (QED) is 0.881. The van der Waals surface area contributed by atoms with Gasteiger partial charge >= 0.3 is 0 Å². The fourth-order valence-electron chi connectivity index (χ4n) is 5.42. The summed E-state index contributed by atoms with van der Waals surface area (Å²) in [6.07, 6.45) is 5.63. The summed E-state index contributed by atoms with van der Waals surface area (Å²) in [5.41, 5.74) is 2.56. The Labute approximate surface area is 127 Å². The summed E-state index contributed by atoms with van der Waals surface area (Å²) in [5, 5.41) is 4.54. The maximum atomic E-state index is 6.42. The first kappa shape index (κ1) is 13.2. The number of hydrogen-bond acceptors (Lipinski definition) is 1. The van der Waals surface area contributed by atoms with E-state index in [0.29, 0.717) is 6.04 Å². The summed E-state index contributed by atoms with van der Waals surface area (Å²) in [6.45, 7) is 2.11. The molecule has 20 heavy (non-hydrogen) atoms. The van der Waals surface area contributed by atoms with E-state index >= 15 is 0 Å². The van der Waals surface area contributed by atoms with Crippen LogP contribution in [0.3, 0.4) is 0 Å². The predicted molar refractivity (Wildman–Crippen MR) is 84.0 cm³/mol. The van der Waals surface area contributed by atoms with Crippen LogP contribution >= 0.6 is 11.6 Å². The van der Waals surface area contributed by atoms with E-state index in [9.17, 15) is 0 Å². The molecule has 1 N–H and O–H groups in total. The Morgan fingerprint density at radius 3 is 2.55 bits per heavy atom. The van der Waals surface area contributed by atoms with Gasteiger partial charge in [0.1, 0.15) is 0 Å². The molecule has 0 radical (unpaired) electrons. The minimum Gasteiger partial charge on any atom is -0.316 e. The monoisotopic (exact) mass is 289 g/mol. The lowest BCUT2D eigenvalue weighted by Crippen LogP contribution is -2.32. The van der Waals surface area contributed by atoms with Gasteiger partial charge in [-0.05, 0) is 86.4 Å². The van der Waals surface area contributed by atoms with Crippen LogP contribution in [-0.4, -0.2) is 13.1 Å². The number of aryl methyl sites for hydroxylation is 1. The van der Waals surface area contributed by atoms with Crippen LogP contribution in [0.25, 0.3) is 0 Å². The second-order valence-electron chi connectivity index (χ2n) is 7.26. The van der Waals surface area contributed by atoms with Gasteiger partial charge in [-0.25, -0.2) is 0 Å². The Bertz CT molecular complexity index is 510. The second kappa shape index (κ2) is 4.74. The molecule has 1 aromatic rings. The summed E-state index contributed by atoms with van der Waals surface area (Å²) in [6, 6.07) is 7.12. The van der Waals surface area contributed by atoms with Crippen molar-refractivity contribution in [3.63, 3.8) is 0 Å². The summed E-state index contributed by atoms with van der Waals surface area (Å²) in [7, 11) is 2.13. The molecule has 0 heterocycles. The third kappa shape index (κ3) is 1.94. The highest BCUT2D eigenvalue weighted by Crippen LogP contribution is 2.70. The van der Waals surface area contributed by atoms with E-state index in [1.54, 1.807) is 0 Å². The Morgan fingerprint density at radius 2 is 1.95 bits per heavy atom. The molecule has 3 aliphatic rings. The standard InChI is InChI=1S/C18H24ClN/c1-10-3-4-11(14(19)7-10)9-15(20-2)18-16-12-5-6-13(8-12)17(16)18/h3-4,7,12-13,15-18,20H,5-6,8-9H2,1-2H3. The van der Waals surface area contributed by atoms with Crippen LogP contribution in [0.4, 0.5) is 0 Å². The fraction of sp³-hybridized carbons (Fsp3) is 0.667. The Kier molecular flexibility index (Phi) is 3.12. The van der Waals surface area contributed by atoms with Crippen molar-refractivity contribution in [2.45, 2.75) is 38.6 Å². The van der Waals surface area contributed by atoms with E-state index in [1.165, 1.54) is 30.4 Å². The van der Waals surface area contributed by atoms with Gasteiger partial charge in [0, 0.05) is 11.1 Å². The molecule has 1 aromatic carbocycles. The van der Waals surface area contributed by atoms with E-state index in [2.05, 4.69) is 37.5 Å². The molecule has 1 nitrogen and oxygen atoms in total. The van der Waals surface area contributed by atoms with Crippen LogP contribution in [0.2, 0.25) is 5.02 Å². The molecular formula is C18H24ClN. The third-order valence-electron chi connectivity index (χ3n) is 6.28. The molecule has 3 fully saturated rings. The first-order valence-corrected chi connectivity index (χ1v) is 8.49. The van der Waals surface area contributed by atoms with Crippen molar-refractivity contribution in [1.29, 1.82) is 0 Å². The van der Waals surface area contributed by atoms with Gasteiger partial charge in [-0.2, -0.15) is 0 Å². The highest BCUT2D eigenvalue weighted by atomic mass is 35.5. The van der Waals surface area contributed by atoms with Crippen molar-refractivity contribution in [2.24, 2.45) is 29.6 Å². The van der Waals surface area contributed by atoms with E-state index in [0.717, 1.165) is 41.0 Å². The van der Waals surface area contributed by atoms with Crippen LogP contribution in [0.1, 0.15) is 30.4 Å². The zero-order valence-corrected chi connectivity index (χ0v) is 13.2. The van der Waals surface area contributed by atoms with Crippen LogP contribution in [0.5, 0.6) is 0 Å². The van der Waals surface area contributed by atoms with Crippen LogP contribution < -0.4 is 5.32 Å². The van der Waals surface area contributed by atoms with Crippen LogP contribution in [0.15, 0.2) is 18.2 Å². The van der Waals surface area contributed by atoms with E-state index < -0.39 is 0 Å². The van der Waals surface area contributed by atoms with Crippen molar-refractivity contribution >= 4 is 11.6 Å². The number of nitrogens with one attached hydrogen (secondary N) is 1. The highest BCUT2D eigenvalue weighted by Gasteiger charge is 2.66. The summed E-state index contributed by atoms with van der Waals surface area (Å²) in [5.74, 6) is 5.10. The first-order chi connectivity index (χ1) is 9.69. The molecule has 5 atom stereocenters. The molecule has 3 aliphatic carbocycles. The lowest BCUT2D eigenvalue weighted by atomic mass is 9.93. The molecule has 0 aliphatic heterocycles. The molecule has 108 valence electrons. The van der Waals surface area contributed by atoms with Crippen molar-refractivity contribution in [1.82, 2.24) is 5.32 Å². The van der Waals surface area contributed by atoms with Crippen molar-refractivity contribution in [2.75, 3.05) is 7.05 Å². The minimum atomic E-state index is 0.619. The second-order valence-corrected chi connectivity index (χ2v) is 7.67. The van der Waals surface area contributed by atoms with Crippen molar-refractivity contribution in [3.8, 4) is 0 Å². The molecule has 0 amide bonds. The zero-order chi connectivity index (χ0) is 13.9. The Morgan fingerprint density at radius 1 is 1.25 bits per heavy atom. The molecule has 3 saturated carbocycles. The number of halogens is 1. The minimum absolute atomic E-state index is 0.619. The number of benzene rings is 1. The van der Waals surface area contributed by atoms with Gasteiger partial charge in [-0.3, -0.25) is 0 Å². The predicted octanol–water partition coefficient (Wildman–Crippen LogP) is 4.07. The van der Waals surface area contributed by atoms with Gasteiger partial charge in [0.05, 0.1) is 0 Å². The highest BCUT2D eigenvalue weighted by molar-refractivity contribution is 6.31. The molecule has 0 saturated heterocycles. The Balaban J connectivity index is 1.50. The van der Waals surface area contributed by atoms with Gasteiger partial charge in [-0.15, -0.1) is 0 Å². The fourth-order valence-corrected chi connectivity index (χ4v) is 5.73. The maximum Gasteiger partial charge on any atom is 0.0441 e. The zero-order valence-electron chi connectivity index (χ0n) is 12.4. The SMILES string of the molecule is CNC(Cc1ccc(C)cc1Cl)C1C2C3CCC(C3)C21. The number of hydrogen-bond donors (Lipinski definition) is 1. The molecule has 5 unspecified atom stereocenters. The van der Waals surface area contributed by atoms with Crippen LogP contribution in [-0.2, 0) is 6.42 Å². The van der Waals surface area contributed by atoms with E-state index in [-0.39, 0.29) is 0 Å². The normalized spacial score (nSPS) is 38.9. The molecule has 0 spiro atoms. The van der Waals surface area contributed by atoms with Crippen LogP contribution in [0, 0.1) is 36.5 Å². The first-order valence-electron chi connectivity index (χ1n) is 8.11. The number of likely N-dealkylation sites (N-methyl/N-ethyl adjacent to an activating group) is 1. The lowest BCUT2D eigenvalue weighted by Gasteiger charge is -2.21. The average molecular weight is 290 g/mol. The number of rotatable bonds is 4. The summed E-state index contributed by atoms with van der Waals surface area (Å²) >= 11 is 6.42. The molecule has 2 bridgehead atoms.